The van der Waals surface area contributed by atoms with Crippen LogP contribution < -0.4 is 5.73 Å². The van der Waals surface area contributed by atoms with Crippen LogP contribution in [0.25, 0.3) is 0 Å². The highest BCUT2D eigenvalue weighted by Gasteiger charge is 2.15. The number of aliphatic hydroxyl groups excluding tert-OH is 1. The topological polar surface area (TPSA) is 55.5 Å². The summed E-state index contributed by atoms with van der Waals surface area (Å²) >= 11 is 0. The van der Waals surface area contributed by atoms with Gasteiger partial charge in [0.25, 0.3) is 0 Å². The fraction of sp³-hybridized carbons (Fsp3) is 1.00. The highest BCUT2D eigenvalue weighted by Crippen LogP contribution is 2.09. The lowest BCUT2D eigenvalue weighted by Gasteiger charge is -2.21. The fourth-order valence-corrected chi connectivity index (χ4v) is 0.956. The molecular formula is C9H21NO2. The van der Waals surface area contributed by atoms with Crippen molar-refractivity contribution < 1.29 is 9.84 Å². The molecule has 0 radical (unpaired) electrons. The Balaban J connectivity index is 3.19. The van der Waals surface area contributed by atoms with Crippen LogP contribution in [-0.2, 0) is 4.74 Å². The number of rotatable bonds is 7. The van der Waals surface area contributed by atoms with Gasteiger partial charge in [0.15, 0.2) is 0 Å². The predicted molar refractivity (Wildman–Crippen MR) is 50.0 cm³/mol. The number of aliphatic hydroxyl groups is 1. The number of nitrogens with two attached hydrogens (primary N) is 1. The van der Waals surface area contributed by atoms with E-state index in [0.717, 1.165) is 32.5 Å². The number of hydrogen-bond donors (Lipinski definition) is 2. The summed E-state index contributed by atoms with van der Waals surface area (Å²) in [5.74, 6) is 0. The minimum atomic E-state index is -0.411. The lowest BCUT2D eigenvalue weighted by Crippen LogP contribution is -2.39. The molecule has 12 heavy (non-hydrogen) atoms. The molecule has 1 unspecified atom stereocenters. The monoisotopic (exact) mass is 175 g/mol. The van der Waals surface area contributed by atoms with Gasteiger partial charge in [-0.25, -0.2) is 0 Å². The molecule has 0 saturated heterocycles. The van der Waals surface area contributed by atoms with Gasteiger partial charge in [-0.2, -0.15) is 0 Å². The van der Waals surface area contributed by atoms with Gasteiger partial charge < -0.3 is 15.6 Å². The third-order valence-electron chi connectivity index (χ3n) is 1.85. The van der Waals surface area contributed by atoms with Gasteiger partial charge in [0.2, 0.25) is 0 Å². The van der Waals surface area contributed by atoms with Crippen LogP contribution in [-0.4, -0.2) is 30.5 Å². The van der Waals surface area contributed by atoms with Crippen LogP contribution in [0.5, 0.6) is 0 Å². The van der Waals surface area contributed by atoms with E-state index in [1.807, 2.05) is 13.8 Å². The molecule has 0 bridgehead atoms. The first-order chi connectivity index (χ1) is 5.62. The Kier molecular flexibility index (Phi) is 6.34. The van der Waals surface area contributed by atoms with Crippen LogP contribution >= 0.6 is 0 Å². The van der Waals surface area contributed by atoms with Crippen molar-refractivity contribution in [2.24, 2.45) is 5.73 Å². The average molecular weight is 175 g/mol. The second-order valence-electron chi connectivity index (χ2n) is 3.47. The van der Waals surface area contributed by atoms with E-state index in [1.54, 1.807) is 0 Å². The zero-order valence-corrected chi connectivity index (χ0v) is 8.18. The van der Waals surface area contributed by atoms with E-state index in [4.69, 9.17) is 15.6 Å². The maximum Gasteiger partial charge on any atom is 0.0608 e. The van der Waals surface area contributed by atoms with Gasteiger partial charge in [0.1, 0.15) is 0 Å². The van der Waals surface area contributed by atoms with Crippen LogP contribution in [0.1, 0.15) is 33.1 Å². The molecule has 1 atom stereocenters. The van der Waals surface area contributed by atoms with Crippen molar-refractivity contribution in [3.63, 3.8) is 0 Å². The summed E-state index contributed by atoms with van der Waals surface area (Å²) in [5, 5.41) is 8.84. The lowest BCUT2D eigenvalue weighted by molar-refractivity contribution is 0.137. The Bertz CT molecular complexity index is 105. The van der Waals surface area contributed by atoms with Crippen molar-refractivity contribution in [2.45, 2.75) is 38.6 Å². The van der Waals surface area contributed by atoms with Crippen LogP contribution in [0.4, 0.5) is 0 Å². The predicted octanol–water partition coefficient (Wildman–Crippen LogP) is 0.903. The maximum absolute atomic E-state index is 8.84. The lowest BCUT2D eigenvalue weighted by atomic mass is 9.97. The minimum Gasteiger partial charge on any atom is -0.394 e. The first kappa shape index (κ1) is 11.9. The molecule has 0 aromatic heterocycles. The summed E-state index contributed by atoms with van der Waals surface area (Å²) in [5.41, 5.74) is 5.33. The molecule has 0 saturated carbocycles. The van der Waals surface area contributed by atoms with E-state index >= 15 is 0 Å². The van der Waals surface area contributed by atoms with Crippen LogP contribution in [0.15, 0.2) is 0 Å². The minimum absolute atomic E-state index is 0.0572. The van der Waals surface area contributed by atoms with Crippen molar-refractivity contribution in [1.29, 1.82) is 0 Å². The summed E-state index contributed by atoms with van der Waals surface area (Å²) in [6.45, 7) is 5.49. The van der Waals surface area contributed by atoms with Crippen LogP contribution in [0.2, 0.25) is 0 Å². The largest absolute Gasteiger partial charge is 0.394 e. The Morgan fingerprint density at radius 1 is 1.42 bits per heavy atom. The summed E-state index contributed by atoms with van der Waals surface area (Å²) < 4.78 is 5.18. The molecule has 74 valence electrons. The summed E-state index contributed by atoms with van der Waals surface area (Å²) in [4.78, 5) is 0. The quantitative estimate of drug-likeness (QED) is 0.565. The smallest absolute Gasteiger partial charge is 0.0608 e. The van der Waals surface area contributed by atoms with Gasteiger partial charge in [0, 0.05) is 18.8 Å². The van der Waals surface area contributed by atoms with Crippen LogP contribution in [0, 0.1) is 0 Å². The highest BCUT2D eigenvalue weighted by molar-refractivity contribution is 4.76. The summed E-state index contributed by atoms with van der Waals surface area (Å²) in [7, 11) is 0. The summed E-state index contributed by atoms with van der Waals surface area (Å²) in [6.07, 6.45) is 2.91. The van der Waals surface area contributed by atoms with Crippen LogP contribution in [0.3, 0.4) is 0 Å². The van der Waals surface area contributed by atoms with E-state index in [1.165, 1.54) is 0 Å². The first-order valence-corrected chi connectivity index (χ1v) is 4.60. The molecule has 0 spiro atoms. The first-order valence-electron chi connectivity index (χ1n) is 4.60. The second kappa shape index (κ2) is 6.40. The van der Waals surface area contributed by atoms with Crippen molar-refractivity contribution >= 4 is 0 Å². The molecule has 0 aliphatic rings. The van der Waals surface area contributed by atoms with E-state index in [9.17, 15) is 0 Å². The molecular weight excluding hydrogens is 154 g/mol. The molecule has 0 amide bonds. The molecule has 0 aromatic carbocycles. The highest BCUT2D eigenvalue weighted by atomic mass is 16.5. The van der Waals surface area contributed by atoms with E-state index in [0.29, 0.717) is 0 Å². The second-order valence-corrected chi connectivity index (χ2v) is 3.47. The number of ether oxygens (including phenoxy) is 1. The van der Waals surface area contributed by atoms with Gasteiger partial charge in [-0.15, -0.1) is 0 Å². The zero-order valence-electron chi connectivity index (χ0n) is 8.18. The molecule has 0 fully saturated rings. The van der Waals surface area contributed by atoms with E-state index in [-0.39, 0.29) is 6.61 Å². The van der Waals surface area contributed by atoms with Crippen molar-refractivity contribution in [3.05, 3.63) is 0 Å². The van der Waals surface area contributed by atoms with Gasteiger partial charge >= 0.3 is 0 Å². The van der Waals surface area contributed by atoms with E-state index in [2.05, 4.69) is 0 Å². The van der Waals surface area contributed by atoms with Gasteiger partial charge in [-0.1, -0.05) is 0 Å². The maximum atomic E-state index is 8.84. The number of hydrogen-bond acceptors (Lipinski definition) is 3. The SMILES string of the molecule is CCOCCCCC(C)(N)CO. The van der Waals surface area contributed by atoms with Gasteiger partial charge in [0.05, 0.1) is 6.61 Å². The Morgan fingerprint density at radius 2 is 2.08 bits per heavy atom. The van der Waals surface area contributed by atoms with Crippen molar-refractivity contribution in [1.82, 2.24) is 0 Å². The molecule has 3 heteroatoms. The third-order valence-corrected chi connectivity index (χ3v) is 1.85. The Hall–Kier alpha value is -0.120. The molecule has 0 aromatic rings. The molecule has 3 N–H and O–H groups in total. The fourth-order valence-electron chi connectivity index (χ4n) is 0.956. The molecule has 0 aliphatic carbocycles. The molecule has 3 nitrogen and oxygen atoms in total. The zero-order chi connectivity index (χ0) is 9.45. The number of unbranched alkanes of at least 4 members (excludes halogenated alkanes) is 1. The average Bonchev–Trinajstić information content (AvgIpc) is 2.04. The van der Waals surface area contributed by atoms with E-state index < -0.39 is 5.54 Å². The van der Waals surface area contributed by atoms with Crippen molar-refractivity contribution in [3.8, 4) is 0 Å². The third kappa shape index (κ3) is 6.58. The molecule has 0 heterocycles. The Morgan fingerprint density at radius 3 is 2.58 bits per heavy atom. The molecule has 0 aliphatic heterocycles. The Labute approximate surface area is 74.9 Å². The summed E-state index contributed by atoms with van der Waals surface area (Å²) in [6, 6.07) is 0. The van der Waals surface area contributed by atoms with Gasteiger partial charge in [-0.05, 0) is 33.1 Å². The van der Waals surface area contributed by atoms with Gasteiger partial charge in [-0.3, -0.25) is 0 Å². The normalized spacial score (nSPS) is 16.0. The standard InChI is InChI=1S/C9H21NO2/c1-3-12-7-5-4-6-9(2,10)8-11/h11H,3-8,10H2,1-2H3. The molecule has 0 rings (SSSR count). The van der Waals surface area contributed by atoms with Crippen molar-refractivity contribution in [2.75, 3.05) is 19.8 Å².